The highest BCUT2D eigenvalue weighted by atomic mass is 14.0. The first-order chi connectivity index (χ1) is 5.31. The lowest BCUT2D eigenvalue weighted by Gasteiger charge is -2.05. The van der Waals surface area contributed by atoms with E-state index in [1.54, 1.807) is 6.08 Å². The summed E-state index contributed by atoms with van der Waals surface area (Å²) in [4.78, 5) is 0. The molecule has 0 aromatic rings. The summed E-state index contributed by atoms with van der Waals surface area (Å²) in [5.74, 6) is 0.789. The maximum atomic E-state index is 5.33. The standard InChI is InChI=1S/C11H21/c1-4-6-7-8-10-11(3)9-5-2/h2,5,11H,4,6-10H2,1,3H3/q+1. The van der Waals surface area contributed by atoms with Gasteiger partial charge in [-0.25, -0.2) is 0 Å². The topological polar surface area (TPSA) is 0 Å². The Hall–Kier alpha value is -0.350. The van der Waals surface area contributed by atoms with Crippen LogP contribution in [0.3, 0.4) is 0 Å². The molecule has 0 aliphatic heterocycles. The minimum atomic E-state index is 0.789. The normalized spacial score (nSPS) is 12.8. The third kappa shape index (κ3) is 7.55. The van der Waals surface area contributed by atoms with Crippen LogP contribution in [0.1, 0.15) is 52.4 Å². The fourth-order valence-corrected chi connectivity index (χ4v) is 1.27. The first-order valence-electron chi connectivity index (χ1n) is 4.84. The number of allylic oxidation sites excluding steroid dienone is 1. The number of rotatable bonds is 7. The Balaban J connectivity index is 3.03. The van der Waals surface area contributed by atoms with Crippen LogP contribution in [0.15, 0.2) is 6.08 Å². The van der Waals surface area contributed by atoms with Crippen LogP contribution in [0.25, 0.3) is 0 Å². The quantitative estimate of drug-likeness (QED) is 0.383. The van der Waals surface area contributed by atoms with Crippen molar-refractivity contribution in [2.24, 2.45) is 5.92 Å². The second-order valence-electron chi connectivity index (χ2n) is 3.43. The minimum Gasteiger partial charge on any atom is -0.0654 e. The molecule has 64 valence electrons. The number of hydrogen-bond acceptors (Lipinski definition) is 0. The molecule has 11 heavy (non-hydrogen) atoms. The van der Waals surface area contributed by atoms with Crippen LogP contribution in [-0.4, -0.2) is 0 Å². The smallest absolute Gasteiger partial charge is 0.0654 e. The van der Waals surface area contributed by atoms with Crippen LogP contribution >= 0.6 is 0 Å². The van der Waals surface area contributed by atoms with E-state index in [4.69, 9.17) is 6.58 Å². The van der Waals surface area contributed by atoms with Gasteiger partial charge in [-0.1, -0.05) is 46.0 Å². The Morgan fingerprint density at radius 2 is 2.00 bits per heavy atom. The molecule has 0 aliphatic carbocycles. The van der Waals surface area contributed by atoms with Crippen LogP contribution in [0.5, 0.6) is 0 Å². The van der Waals surface area contributed by atoms with Gasteiger partial charge in [0.2, 0.25) is 6.58 Å². The molecule has 1 atom stereocenters. The van der Waals surface area contributed by atoms with E-state index in [-0.39, 0.29) is 0 Å². The predicted octanol–water partition coefficient (Wildman–Crippen LogP) is 3.97. The van der Waals surface area contributed by atoms with E-state index in [0.29, 0.717) is 0 Å². The maximum absolute atomic E-state index is 5.33. The lowest BCUT2D eigenvalue weighted by molar-refractivity contribution is 0.494. The molecule has 0 aliphatic rings. The van der Waals surface area contributed by atoms with Gasteiger partial charge in [0.05, 0.1) is 0 Å². The Morgan fingerprint density at radius 3 is 2.55 bits per heavy atom. The highest BCUT2D eigenvalue weighted by molar-refractivity contribution is 4.67. The van der Waals surface area contributed by atoms with Crippen LogP contribution in [0.2, 0.25) is 0 Å². The van der Waals surface area contributed by atoms with Crippen molar-refractivity contribution >= 4 is 0 Å². The first-order valence-corrected chi connectivity index (χ1v) is 4.84. The van der Waals surface area contributed by atoms with Crippen molar-refractivity contribution in [3.63, 3.8) is 0 Å². The van der Waals surface area contributed by atoms with Gasteiger partial charge >= 0.3 is 0 Å². The largest absolute Gasteiger partial charge is 0.201 e. The summed E-state index contributed by atoms with van der Waals surface area (Å²) in [5.41, 5.74) is 0. The summed E-state index contributed by atoms with van der Waals surface area (Å²) in [7, 11) is 0. The van der Waals surface area contributed by atoms with E-state index >= 15 is 0 Å². The number of unbranched alkanes of at least 4 members (excludes halogenated alkanes) is 3. The minimum absolute atomic E-state index is 0.789. The zero-order valence-corrected chi connectivity index (χ0v) is 7.97. The van der Waals surface area contributed by atoms with Crippen molar-refractivity contribution in [3.8, 4) is 0 Å². The van der Waals surface area contributed by atoms with E-state index in [9.17, 15) is 0 Å². The Morgan fingerprint density at radius 1 is 1.27 bits per heavy atom. The Bertz CT molecular complexity index is 84.0. The van der Waals surface area contributed by atoms with Crippen LogP contribution in [-0.2, 0) is 0 Å². The predicted molar refractivity (Wildman–Crippen MR) is 51.4 cm³/mol. The molecule has 0 heterocycles. The summed E-state index contributed by atoms with van der Waals surface area (Å²) >= 11 is 0. The zero-order chi connectivity index (χ0) is 8.53. The molecule has 0 nitrogen and oxygen atoms in total. The molecule has 0 rings (SSSR count). The molecule has 0 amide bonds. The first kappa shape index (κ1) is 10.7. The van der Waals surface area contributed by atoms with E-state index in [0.717, 1.165) is 12.3 Å². The monoisotopic (exact) mass is 153 g/mol. The van der Waals surface area contributed by atoms with Crippen LogP contribution < -0.4 is 0 Å². The summed E-state index contributed by atoms with van der Waals surface area (Å²) < 4.78 is 0. The van der Waals surface area contributed by atoms with Crippen LogP contribution in [0.4, 0.5) is 0 Å². The zero-order valence-electron chi connectivity index (χ0n) is 7.97. The van der Waals surface area contributed by atoms with Gasteiger partial charge in [-0.2, -0.15) is 0 Å². The third-order valence-electron chi connectivity index (χ3n) is 2.09. The molecule has 0 radical (unpaired) electrons. The lowest BCUT2D eigenvalue weighted by Crippen LogP contribution is -1.91. The SMILES string of the molecule is [CH+]=CCC(C)CCCCCC. The molecule has 0 saturated carbocycles. The van der Waals surface area contributed by atoms with E-state index in [1.807, 2.05) is 0 Å². The van der Waals surface area contributed by atoms with Crippen molar-refractivity contribution in [1.82, 2.24) is 0 Å². The average Bonchev–Trinajstić information content (AvgIpc) is 1.99. The van der Waals surface area contributed by atoms with E-state index in [1.165, 1.54) is 32.1 Å². The van der Waals surface area contributed by atoms with Gasteiger partial charge in [0.15, 0.2) is 6.08 Å². The molecule has 0 saturated heterocycles. The molecular weight excluding hydrogens is 132 g/mol. The Labute approximate surface area is 71.7 Å². The van der Waals surface area contributed by atoms with Gasteiger partial charge in [-0.15, -0.1) is 0 Å². The molecule has 0 fully saturated rings. The molecule has 0 spiro atoms. The highest BCUT2D eigenvalue weighted by Crippen LogP contribution is 2.13. The summed E-state index contributed by atoms with van der Waals surface area (Å²) in [5, 5.41) is 0. The van der Waals surface area contributed by atoms with Crippen molar-refractivity contribution in [3.05, 3.63) is 12.7 Å². The lowest BCUT2D eigenvalue weighted by atomic mass is 10.00. The average molecular weight is 153 g/mol. The van der Waals surface area contributed by atoms with Crippen LogP contribution in [0, 0.1) is 12.5 Å². The Kier molecular flexibility index (Phi) is 7.51. The summed E-state index contributed by atoms with van der Waals surface area (Å²) in [6.07, 6.45) is 9.69. The van der Waals surface area contributed by atoms with Gasteiger partial charge < -0.3 is 0 Å². The van der Waals surface area contributed by atoms with Crippen molar-refractivity contribution in [2.45, 2.75) is 52.4 Å². The fourth-order valence-electron chi connectivity index (χ4n) is 1.27. The maximum Gasteiger partial charge on any atom is 0.201 e. The third-order valence-corrected chi connectivity index (χ3v) is 2.09. The molecule has 0 N–H and O–H groups in total. The number of hydrogen-bond donors (Lipinski definition) is 0. The molecule has 0 bridgehead atoms. The molecule has 0 aromatic heterocycles. The van der Waals surface area contributed by atoms with Gasteiger partial charge in [0.1, 0.15) is 0 Å². The van der Waals surface area contributed by atoms with Crippen molar-refractivity contribution < 1.29 is 0 Å². The van der Waals surface area contributed by atoms with Gasteiger partial charge in [0, 0.05) is 6.42 Å². The van der Waals surface area contributed by atoms with E-state index in [2.05, 4.69) is 13.8 Å². The van der Waals surface area contributed by atoms with Crippen molar-refractivity contribution in [2.75, 3.05) is 0 Å². The molecule has 0 aromatic carbocycles. The second-order valence-corrected chi connectivity index (χ2v) is 3.43. The van der Waals surface area contributed by atoms with Crippen molar-refractivity contribution in [1.29, 1.82) is 0 Å². The molecular formula is C11H21+. The highest BCUT2D eigenvalue weighted by Gasteiger charge is 2.00. The van der Waals surface area contributed by atoms with Gasteiger partial charge in [-0.05, 0) is 5.92 Å². The van der Waals surface area contributed by atoms with E-state index < -0.39 is 0 Å². The molecule has 0 heteroatoms. The second kappa shape index (κ2) is 7.75. The molecule has 1 unspecified atom stereocenters. The summed E-state index contributed by atoms with van der Waals surface area (Å²) in [6.45, 7) is 9.86. The summed E-state index contributed by atoms with van der Waals surface area (Å²) in [6, 6.07) is 0. The van der Waals surface area contributed by atoms with Gasteiger partial charge in [0.25, 0.3) is 0 Å². The van der Waals surface area contributed by atoms with Gasteiger partial charge in [-0.3, -0.25) is 0 Å². The fraction of sp³-hybridized carbons (Fsp3) is 0.818.